The van der Waals surface area contributed by atoms with Crippen LogP contribution < -0.4 is 0 Å². The standard InChI is InChI=1S/C11H16N2O2/c1-7-3-4-10-9(5-11(14)15)12-8(2)13(10)6-7/h7H,3-6H2,1-2H3,(H,14,15). The number of aromatic nitrogens is 2. The molecule has 0 saturated heterocycles. The van der Waals surface area contributed by atoms with Crippen LogP contribution in [0, 0.1) is 12.8 Å². The lowest BCUT2D eigenvalue weighted by Crippen LogP contribution is -2.19. The minimum absolute atomic E-state index is 0.0531. The molecule has 1 atom stereocenters. The summed E-state index contributed by atoms with van der Waals surface area (Å²) in [6.45, 7) is 5.15. The number of aryl methyl sites for hydroxylation is 1. The van der Waals surface area contributed by atoms with Gasteiger partial charge in [0.1, 0.15) is 5.82 Å². The molecule has 0 aliphatic carbocycles. The number of imidazole rings is 1. The molecule has 0 spiro atoms. The second kappa shape index (κ2) is 3.68. The summed E-state index contributed by atoms with van der Waals surface area (Å²) in [6, 6.07) is 0. The van der Waals surface area contributed by atoms with Crippen molar-refractivity contribution < 1.29 is 9.90 Å². The highest BCUT2D eigenvalue weighted by Crippen LogP contribution is 2.24. The quantitative estimate of drug-likeness (QED) is 0.799. The van der Waals surface area contributed by atoms with Gasteiger partial charge in [0.15, 0.2) is 0 Å². The molecule has 0 fully saturated rings. The van der Waals surface area contributed by atoms with E-state index in [0.717, 1.165) is 36.6 Å². The number of carboxylic acid groups (broad SMARTS) is 1. The third-order valence-corrected chi connectivity index (χ3v) is 3.03. The molecule has 0 amide bonds. The lowest BCUT2D eigenvalue weighted by Gasteiger charge is -2.22. The smallest absolute Gasteiger partial charge is 0.309 e. The molecule has 15 heavy (non-hydrogen) atoms. The number of fused-ring (bicyclic) bond motifs is 1. The molecular formula is C11H16N2O2. The Labute approximate surface area is 88.9 Å². The molecule has 0 saturated carbocycles. The molecule has 0 bridgehead atoms. The Morgan fingerprint density at radius 3 is 3.07 bits per heavy atom. The lowest BCUT2D eigenvalue weighted by molar-refractivity contribution is -0.136. The zero-order chi connectivity index (χ0) is 11.0. The van der Waals surface area contributed by atoms with Gasteiger partial charge in [-0.3, -0.25) is 4.79 Å². The van der Waals surface area contributed by atoms with Crippen LogP contribution in [0.4, 0.5) is 0 Å². The molecule has 0 aromatic carbocycles. The lowest BCUT2D eigenvalue weighted by atomic mass is 9.98. The number of hydrogen-bond donors (Lipinski definition) is 1. The van der Waals surface area contributed by atoms with Crippen LogP contribution in [0.1, 0.15) is 30.6 Å². The Hall–Kier alpha value is -1.32. The molecule has 82 valence electrons. The highest BCUT2D eigenvalue weighted by molar-refractivity contribution is 5.70. The van der Waals surface area contributed by atoms with E-state index in [4.69, 9.17) is 5.11 Å². The van der Waals surface area contributed by atoms with Gasteiger partial charge in [0.2, 0.25) is 0 Å². The van der Waals surface area contributed by atoms with Crippen molar-refractivity contribution in [3.8, 4) is 0 Å². The minimum Gasteiger partial charge on any atom is -0.481 e. The van der Waals surface area contributed by atoms with Gasteiger partial charge >= 0.3 is 5.97 Å². The van der Waals surface area contributed by atoms with Crippen molar-refractivity contribution in [3.63, 3.8) is 0 Å². The molecule has 2 heterocycles. The van der Waals surface area contributed by atoms with Gasteiger partial charge in [-0.2, -0.15) is 0 Å². The van der Waals surface area contributed by atoms with Gasteiger partial charge in [-0.1, -0.05) is 6.92 Å². The summed E-state index contributed by atoms with van der Waals surface area (Å²) in [5.74, 6) is 0.824. The first kappa shape index (κ1) is 10.2. The average Bonchev–Trinajstić information content (AvgIpc) is 2.42. The monoisotopic (exact) mass is 208 g/mol. The van der Waals surface area contributed by atoms with Crippen molar-refractivity contribution in [1.82, 2.24) is 9.55 Å². The Morgan fingerprint density at radius 2 is 2.40 bits per heavy atom. The van der Waals surface area contributed by atoms with Crippen LogP contribution in [0.3, 0.4) is 0 Å². The second-order valence-corrected chi connectivity index (χ2v) is 4.38. The van der Waals surface area contributed by atoms with Crippen molar-refractivity contribution >= 4 is 5.97 Å². The van der Waals surface area contributed by atoms with Crippen LogP contribution >= 0.6 is 0 Å². The van der Waals surface area contributed by atoms with E-state index >= 15 is 0 Å². The van der Waals surface area contributed by atoms with E-state index < -0.39 is 5.97 Å². The van der Waals surface area contributed by atoms with Crippen LogP contribution in [0.2, 0.25) is 0 Å². The summed E-state index contributed by atoms with van der Waals surface area (Å²) < 4.78 is 2.17. The number of rotatable bonds is 2. The van der Waals surface area contributed by atoms with E-state index in [0.29, 0.717) is 5.92 Å². The molecule has 0 radical (unpaired) electrons. The second-order valence-electron chi connectivity index (χ2n) is 4.38. The summed E-state index contributed by atoms with van der Waals surface area (Å²) in [6.07, 6.45) is 2.15. The van der Waals surface area contributed by atoms with Crippen LogP contribution in [0.5, 0.6) is 0 Å². The van der Waals surface area contributed by atoms with Crippen molar-refractivity contribution in [2.75, 3.05) is 0 Å². The largest absolute Gasteiger partial charge is 0.481 e. The highest BCUT2D eigenvalue weighted by Gasteiger charge is 2.22. The first-order valence-electron chi connectivity index (χ1n) is 5.34. The maximum atomic E-state index is 10.7. The number of nitrogens with zero attached hydrogens (tertiary/aromatic N) is 2. The zero-order valence-electron chi connectivity index (χ0n) is 9.16. The Bertz CT molecular complexity index is 396. The van der Waals surface area contributed by atoms with Gasteiger partial charge in [0.05, 0.1) is 12.1 Å². The van der Waals surface area contributed by atoms with E-state index in [1.165, 1.54) is 0 Å². The summed E-state index contributed by atoms with van der Waals surface area (Å²) in [7, 11) is 0. The molecule has 1 unspecified atom stereocenters. The third-order valence-electron chi connectivity index (χ3n) is 3.03. The zero-order valence-corrected chi connectivity index (χ0v) is 9.16. The molecule has 4 heteroatoms. The Balaban J connectivity index is 2.34. The maximum absolute atomic E-state index is 10.7. The van der Waals surface area contributed by atoms with Gasteiger partial charge in [0.25, 0.3) is 0 Å². The Morgan fingerprint density at radius 1 is 1.67 bits per heavy atom. The molecule has 4 nitrogen and oxygen atoms in total. The minimum atomic E-state index is -0.797. The van der Waals surface area contributed by atoms with Crippen LogP contribution in [-0.4, -0.2) is 20.6 Å². The summed E-state index contributed by atoms with van der Waals surface area (Å²) in [5.41, 5.74) is 1.89. The number of carbonyl (C=O) groups is 1. The van der Waals surface area contributed by atoms with Crippen molar-refractivity contribution in [2.45, 2.75) is 39.7 Å². The predicted molar refractivity (Wildman–Crippen MR) is 55.8 cm³/mol. The first-order valence-corrected chi connectivity index (χ1v) is 5.34. The fourth-order valence-electron chi connectivity index (χ4n) is 2.26. The number of hydrogen-bond acceptors (Lipinski definition) is 2. The maximum Gasteiger partial charge on any atom is 0.309 e. The van der Waals surface area contributed by atoms with E-state index in [1.54, 1.807) is 0 Å². The van der Waals surface area contributed by atoms with E-state index in [-0.39, 0.29) is 6.42 Å². The summed E-state index contributed by atoms with van der Waals surface area (Å²) >= 11 is 0. The fraction of sp³-hybridized carbons (Fsp3) is 0.636. The third kappa shape index (κ3) is 1.89. The molecule has 2 rings (SSSR count). The SMILES string of the molecule is Cc1nc(CC(=O)O)c2n1CC(C)CC2. The normalized spacial score (nSPS) is 20.0. The molecule has 1 aliphatic heterocycles. The molecule has 1 aromatic heterocycles. The molecule has 1 aromatic rings. The Kier molecular flexibility index (Phi) is 2.50. The van der Waals surface area contributed by atoms with Gasteiger partial charge < -0.3 is 9.67 Å². The number of carboxylic acids is 1. The van der Waals surface area contributed by atoms with Crippen LogP contribution in [-0.2, 0) is 24.2 Å². The van der Waals surface area contributed by atoms with E-state index in [9.17, 15) is 4.79 Å². The van der Waals surface area contributed by atoms with Gasteiger partial charge in [-0.15, -0.1) is 0 Å². The van der Waals surface area contributed by atoms with E-state index in [1.807, 2.05) is 6.92 Å². The van der Waals surface area contributed by atoms with Crippen molar-refractivity contribution in [3.05, 3.63) is 17.2 Å². The molecule has 1 aliphatic rings. The van der Waals surface area contributed by atoms with Crippen molar-refractivity contribution in [1.29, 1.82) is 0 Å². The molecule has 1 N–H and O–H groups in total. The van der Waals surface area contributed by atoms with Crippen LogP contribution in [0.25, 0.3) is 0 Å². The van der Waals surface area contributed by atoms with Gasteiger partial charge in [-0.25, -0.2) is 4.98 Å². The topological polar surface area (TPSA) is 55.1 Å². The predicted octanol–water partition coefficient (Wildman–Crippen LogP) is 1.40. The first-order chi connectivity index (χ1) is 7.08. The van der Waals surface area contributed by atoms with Gasteiger partial charge in [0, 0.05) is 12.2 Å². The highest BCUT2D eigenvalue weighted by atomic mass is 16.4. The summed E-state index contributed by atoms with van der Waals surface area (Å²) in [5, 5.41) is 8.78. The summed E-state index contributed by atoms with van der Waals surface area (Å²) in [4.78, 5) is 15.0. The van der Waals surface area contributed by atoms with Gasteiger partial charge in [-0.05, 0) is 25.7 Å². The number of aliphatic carboxylic acids is 1. The average molecular weight is 208 g/mol. The molecular weight excluding hydrogens is 192 g/mol. The van der Waals surface area contributed by atoms with Crippen LogP contribution in [0.15, 0.2) is 0 Å². The van der Waals surface area contributed by atoms with Crippen molar-refractivity contribution in [2.24, 2.45) is 5.92 Å². The fourth-order valence-corrected chi connectivity index (χ4v) is 2.26. The van der Waals surface area contributed by atoms with E-state index in [2.05, 4.69) is 16.5 Å².